The van der Waals surface area contributed by atoms with Crippen LogP contribution in [0.25, 0.3) is 11.3 Å². The number of hydrogen-bond acceptors (Lipinski definition) is 5. The van der Waals surface area contributed by atoms with E-state index in [1.807, 2.05) is 36.4 Å². The number of benzene rings is 2. The monoisotopic (exact) mass is 498 g/mol. The number of halogens is 1. The van der Waals surface area contributed by atoms with Gasteiger partial charge < -0.3 is 19.7 Å². The molecule has 0 spiro atoms. The van der Waals surface area contributed by atoms with Gasteiger partial charge in [-0.3, -0.25) is 14.3 Å². The second-order valence-electron chi connectivity index (χ2n) is 7.47. The zero-order chi connectivity index (χ0) is 22.7. The highest BCUT2D eigenvalue weighted by Crippen LogP contribution is 2.35. The zero-order valence-corrected chi connectivity index (χ0v) is 19.4. The lowest BCUT2D eigenvalue weighted by atomic mass is 10.1. The number of carbonyl (C=O) groups is 2. The van der Waals surface area contributed by atoms with Crippen LogP contribution >= 0.6 is 15.9 Å². The number of amides is 2. The number of aryl methyl sites for hydroxylation is 1. The van der Waals surface area contributed by atoms with E-state index in [9.17, 15) is 9.59 Å². The van der Waals surface area contributed by atoms with Crippen molar-refractivity contribution in [2.45, 2.75) is 6.42 Å². The number of para-hydroxylation sites is 1. The highest BCUT2D eigenvalue weighted by Gasteiger charge is 2.23. The first kappa shape index (κ1) is 21.9. The molecule has 3 aromatic rings. The van der Waals surface area contributed by atoms with Crippen LogP contribution in [0.5, 0.6) is 11.5 Å². The molecule has 9 heteroatoms. The third-order valence-corrected chi connectivity index (χ3v) is 5.65. The summed E-state index contributed by atoms with van der Waals surface area (Å²) in [5, 5.41) is 7.29. The summed E-state index contributed by atoms with van der Waals surface area (Å²) in [7, 11) is 3.34. The van der Waals surface area contributed by atoms with Crippen LogP contribution in [-0.2, 0) is 11.8 Å². The maximum Gasteiger partial charge on any atom is 0.257 e. The Hall–Kier alpha value is -3.33. The van der Waals surface area contributed by atoms with Gasteiger partial charge in [0.2, 0.25) is 5.91 Å². The van der Waals surface area contributed by atoms with Gasteiger partial charge in [-0.15, -0.1) is 0 Å². The molecule has 0 bridgehead atoms. The van der Waals surface area contributed by atoms with Crippen molar-refractivity contribution in [1.29, 1.82) is 0 Å². The first-order valence-corrected chi connectivity index (χ1v) is 10.9. The number of nitrogens with one attached hydrogen (secondary N) is 1. The van der Waals surface area contributed by atoms with Gasteiger partial charge in [-0.1, -0.05) is 12.1 Å². The minimum Gasteiger partial charge on any atom is -0.490 e. The van der Waals surface area contributed by atoms with Gasteiger partial charge in [0.25, 0.3) is 5.91 Å². The van der Waals surface area contributed by atoms with Crippen LogP contribution in [-0.4, -0.2) is 53.3 Å². The lowest BCUT2D eigenvalue weighted by Crippen LogP contribution is -2.35. The lowest BCUT2D eigenvalue weighted by molar-refractivity contribution is -0.116. The van der Waals surface area contributed by atoms with Crippen LogP contribution in [0.1, 0.15) is 16.8 Å². The molecule has 0 aliphatic carbocycles. The zero-order valence-electron chi connectivity index (χ0n) is 17.8. The quantitative estimate of drug-likeness (QED) is 0.579. The van der Waals surface area contributed by atoms with Gasteiger partial charge in [0.05, 0.1) is 31.0 Å². The van der Waals surface area contributed by atoms with Crippen molar-refractivity contribution in [2.75, 3.05) is 32.1 Å². The summed E-state index contributed by atoms with van der Waals surface area (Å²) in [5.74, 6) is 0.706. The Morgan fingerprint density at radius 3 is 2.69 bits per heavy atom. The van der Waals surface area contributed by atoms with E-state index in [1.54, 1.807) is 31.0 Å². The molecule has 2 amide bonds. The van der Waals surface area contributed by atoms with Crippen molar-refractivity contribution in [3.8, 4) is 22.8 Å². The molecule has 0 atom stereocenters. The van der Waals surface area contributed by atoms with Crippen LogP contribution in [0, 0.1) is 0 Å². The van der Waals surface area contributed by atoms with E-state index in [4.69, 9.17) is 9.47 Å². The molecule has 32 heavy (non-hydrogen) atoms. The Labute approximate surface area is 194 Å². The number of rotatable bonds is 5. The molecule has 8 nitrogen and oxygen atoms in total. The molecule has 0 saturated carbocycles. The van der Waals surface area contributed by atoms with Crippen LogP contribution in [0.3, 0.4) is 0 Å². The molecule has 2 heterocycles. The van der Waals surface area contributed by atoms with Crippen LogP contribution in [0.4, 0.5) is 5.69 Å². The number of aromatic nitrogens is 2. The molecule has 0 radical (unpaired) electrons. The molecule has 4 rings (SSSR count). The fourth-order valence-corrected chi connectivity index (χ4v) is 3.80. The Bertz CT molecular complexity index is 1160. The normalized spacial score (nSPS) is 12.7. The van der Waals surface area contributed by atoms with Crippen molar-refractivity contribution in [2.24, 2.45) is 7.05 Å². The maximum atomic E-state index is 13.2. The topological polar surface area (TPSA) is 85.7 Å². The molecule has 1 N–H and O–H groups in total. The second kappa shape index (κ2) is 9.44. The van der Waals surface area contributed by atoms with Gasteiger partial charge in [-0.05, 0) is 46.3 Å². The van der Waals surface area contributed by atoms with Crippen molar-refractivity contribution < 1.29 is 19.1 Å². The van der Waals surface area contributed by atoms with Crippen LogP contribution < -0.4 is 14.8 Å². The Balaban J connectivity index is 1.53. The summed E-state index contributed by atoms with van der Waals surface area (Å²) < 4.78 is 13.8. The van der Waals surface area contributed by atoms with Gasteiger partial charge in [0.1, 0.15) is 5.69 Å². The predicted molar refractivity (Wildman–Crippen MR) is 124 cm³/mol. The summed E-state index contributed by atoms with van der Waals surface area (Å²) in [6.07, 6.45) is 2.46. The van der Waals surface area contributed by atoms with E-state index in [1.165, 1.54) is 4.90 Å². The van der Waals surface area contributed by atoms with Crippen molar-refractivity contribution >= 4 is 33.4 Å². The number of carbonyl (C=O) groups excluding carboxylic acids is 2. The first-order chi connectivity index (χ1) is 15.4. The van der Waals surface area contributed by atoms with Gasteiger partial charge in [0, 0.05) is 36.7 Å². The van der Waals surface area contributed by atoms with Crippen molar-refractivity contribution in [3.63, 3.8) is 0 Å². The van der Waals surface area contributed by atoms with Crippen LogP contribution in [0.15, 0.2) is 53.1 Å². The van der Waals surface area contributed by atoms with Crippen LogP contribution in [0.2, 0.25) is 0 Å². The van der Waals surface area contributed by atoms with E-state index >= 15 is 0 Å². The van der Waals surface area contributed by atoms with E-state index in [2.05, 4.69) is 26.3 Å². The number of ether oxygens (including phenoxy) is 2. The second-order valence-corrected chi connectivity index (χ2v) is 8.32. The van der Waals surface area contributed by atoms with Crippen molar-refractivity contribution in [3.05, 3.63) is 58.7 Å². The predicted octanol–water partition coefficient (Wildman–Crippen LogP) is 3.72. The Morgan fingerprint density at radius 1 is 1.16 bits per heavy atom. The first-order valence-electron chi connectivity index (χ1n) is 10.2. The standard InChI is InChI=1S/C23H23BrN4O4/c1-27(14-21(29)25-18-7-4-3-6-17(18)24)23(30)16-13-28(2)26-22(16)15-8-9-19-20(12-15)32-11-5-10-31-19/h3-4,6-9,12-13H,5,10-11,14H2,1-2H3,(H,25,29). The summed E-state index contributed by atoms with van der Waals surface area (Å²) in [6, 6.07) is 12.8. The fraction of sp³-hybridized carbons (Fsp3) is 0.261. The fourth-order valence-electron chi connectivity index (χ4n) is 3.41. The number of nitrogens with zero attached hydrogens (tertiary/aromatic N) is 3. The molecular formula is C23H23BrN4O4. The minimum atomic E-state index is -0.303. The number of hydrogen-bond donors (Lipinski definition) is 1. The third-order valence-electron chi connectivity index (χ3n) is 4.96. The Morgan fingerprint density at radius 2 is 1.91 bits per heavy atom. The van der Waals surface area contributed by atoms with Gasteiger partial charge >= 0.3 is 0 Å². The van der Waals surface area contributed by atoms with E-state index < -0.39 is 0 Å². The molecular weight excluding hydrogens is 476 g/mol. The summed E-state index contributed by atoms with van der Waals surface area (Å²) in [4.78, 5) is 27.0. The minimum absolute atomic E-state index is 0.102. The number of likely N-dealkylation sites (N-methyl/N-ethyl adjacent to an activating group) is 1. The molecule has 0 unspecified atom stereocenters. The third kappa shape index (κ3) is 4.77. The van der Waals surface area contributed by atoms with Crippen molar-refractivity contribution in [1.82, 2.24) is 14.7 Å². The molecule has 1 aromatic heterocycles. The van der Waals surface area contributed by atoms with Gasteiger partial charge in [-0.25, -0.2) is 0 Å². The van der Waals surface area contributed by atoms with E-state index in [-0.39, 0.29) is 18.4 Å². The van der Waals surface area contributed by atoms with Gasteiger partial charge in [0.15, 0.2) is 11.5 Å². The average molecular weight is 499 g/mol. The molecule has 2 aromatic carbocycles. The molecule has 0 saturated heterocycles. The lowest BCUT2D eigenvalue weighted by Gasteiger charge is -2.17. The van der Waals surface area contributed by atoms with Gasteiger partial charge in [-0.2, -0.15) is 5.10 Å². The largest absolute Gasteiger partial charge is 0.490 e. The SMILES string of the molecule is CN(CC(=O)Nc1ccccc1Br)C(=O)c1cn(C)nc1-c1ccc2c(c1)OCCCO2. The maximum absolute atomic E-state index is 13.2. The molecule has 1 aliphatic heterocycles. The molecule has 1 aliphatic rings. The summed E-state index contributed by atoms with van der Waals surface area (Å²) in [6.45, 7) is 1.07. The van der Waals surface area contributed by atoms with E-state index in [0.717, 1.165) is 16.5 Å². The highest BCUT2D eigenvalue weighted by molar-refractivity contribution is 9.10. The smallest absolute Gasteiger partial charge is 0.257 e. The highest BCUT2D eigenvalue weighted by atomic mass is 79.9. The van der Waals surface area contributed by atoms with E-state index in [0.29, 0.717) is 41.7 Å². The summed E-state index contributed by atoms with van der Waals surface area (Å²) >= 11 is 3.40. The number of anilines is 1. The molecule has 0 fully saturated rings. The Kier molecular flexibility index (Phi) is 6.45. The number of fused-ring (bicyclic) bond motifs is 1. The summed E-state index contributed by atoms with van der Waals surface area (Å²) in [5.41, 5.74) is 2.31. The average Bonchev–Trinajstić information content (AvgIpc) is 3.01. The molecule has 166 valence electrons.